The summed E-state index contributed by atoms with van der Waals surface area (Å²) in [5, 5.41) is 8.72. The van der Waals surface area contributed by atoms with Gasteiger partial charge in [0.05, 0.1) is 12.6 Å². The van der Waals surface area contributed by atoms with Gasteiger partial charge in [0.1, 0.15) is 6.61 Å². The average molecular weight is 932 g/mol. The lowest BCUT2D eigenvalue weighted by Crippen LogP contribution is -2.47. The Bertz CT molecular complexity index is 1470. The van der Waals surface area contributed by atoms with Gasteiger partial charge in [-0.15, -0.1) is 0 Å². The van der Waals surface area contributed by atoms with Crippen molar-refractivity contribution in [2.24, 2.45) is 45.8 Å². The van der Waals surface area contributed by atoms with E-state index in [1.54, 1.807) is 9.80 Å². The van der Waals surface area contributed by atoms with Gasteiger partial charge in [0.15, 0.2) is 0 Å². The fourth-order valence-corrected chi connectivity index (χ4v) is 9.97. The van der Waals surface area contributed by atoms with Crippen LogP contribution in [0.3, 0.4) is 0 Å². The Hall–Kier alpha value is -2.77. The number of likely N-dealkylation sites (N-methyl/N-ethyl adjacent to an activating group) is 1. The lowest BCUT2D eigenvalue weighted by molar-refractivity contribution is -0.139. The summed E-state index contributed by atoms with van der Waals surface area (Å²) in [5.74, 6) is 4.47. The highest BCUT2D eigenvalue weighted by molar-refractivity contribution is 5.86. The molecule has 5 heterocycles. The number of likely N-dealkylation sites (tertiary alicyclic amines) is 5. The summed E-state index contributed by atoms with van der Waals surface area (Å²) in [6.45, 7) is 35.7. The van der Waals surface area contributed by atoms with Gasteiger partial charge >= 0.3 is 0 Å². The van der Waals surface area contributed by atoms with Crippen LogP contribution in [-0.4, -0.2) is 182 Å². The standard InChI is InChI=1S/C15H26N2O2.C14H28N2O.C13H26N2O.C11H21NO2/c1-15(2,3)12-6-9-16(10-7-12)14(19)11-17-8-4-5-13(17)18;1-14(2,3)12-6-10-16(11-7-12)13(17)8-9-15(4)5;1-10(2)12-6-8-15(9-7-12)13(16)11(3)14(4)5;1-11(2,3)9-4-6-12(7-5-9)10(14)8-13/h12H,4-11H2,1-3H3;12H,6-11H2,1-5H3;10-12H,6-9H2,1-5H3;9,13H,4-8H2,1-3H3. The summed E-state index contributed by atoms with van der Waals surface area (Å²) in [7, 11) is 7.95. The molecule has 384 valence electrons. The normalized spacial score (nSPS) is 20.4. The summed E-state index contributed by atoms with van der Waals surface area (Å²) < 4.78 is 0. The van der Waals surface area contributed by atoms with Gasteiger partial charge in [0.2, 0.25) is 29.5 Å². The number of carbonyl (C=O) groups excluding carboxylic acids is 5. The minimum Gasteiger partial charge on any atom is -0.387 e. The molecule has 5 aliphatic heterocycles. The van der Waals surface area contributed by atoms with Crippen LogP contribution in [0.15, 0.2) is 0 Å². The molecule has 0 bridgehead atoms. The van der Waals surface area contributed by atoms with Crippen LogP contribution in [0, 0.1) is 45.8 Å². The predicted octanol–water partition coefficient (Wildman–Crippen LogP) is 7.21. The van der Waals surface area contributed by atoms with Crippen LogP contribution >= 0.6 is 0 Å². The molecular weight excluding hydrogens is 831 g/mol. The molecule has 13 heteroatoms. The van der Waals surface area contributed by atoms with E-state index in [2.05, 4.69) is 81.1 Å². The van der Waals surface area contributed by atoms with Gasteiger partial charge < -0.3 is 34.5 Å². The van der Waals surface area contributed by atoms with Crippen molar-refractivity contribution in [1.82, 2.24) is 34.3 Å². The van der Waals surface area contributed by atoms with Gasteiger partial charge in [-0.05, 0) is 139 Å². The first-order chi connectivity index (χ1) is 30.6. The summed E-state index contributed by atoms with van der Waals surface area (Å²) in [5.41, 5.74) is 1.06. The molecule has 0 radical (unpaired) electrons. The van der Waals surface area contributed by atoms with Gasteiger partial charge in [-0.3, -0.25) is 28.9 Å². The van der Waals surface area contributed by atoms with Crippen molar-refractivity contribution in [3.05, 3.63) is 0 Å². The van der Waals surface area contributed by atoms with E-state index in [-0.39, 0.29) is 36.3 Å². The molecular formula is C53H101N7O6. The third-order valence-corrected chi connectivity index (χ3v) is 15.5. The molecule has 1 N–H and O–H groups in total. The Morgan fingerprint density at radius 1 is 0.576 bits per heavy atom. The number of amides is 5. The van der Waals surface area contributed by atoms with Gasteiger partial charge in [-0.25, -0.2) is 0 Å². The Labute approximate surface area is 404 Å². The van der Waals surface area contributed by atoms with Crippen LogP contribution in [0.25, 0.3) is 0 Å². The van der Waals surface area contributed by atoms with Crippen molar-refractivity contribution in [3.63, 3.8) is 0 Å². The SMILES string of the molecule is CC(C)(C)C1CCN(C(=O)CN2CCCC2=O)CC1.CC(C)(C)C1CCN(C(=O)CO)CC1.CC(C)C1CCN(C(=O)C(C)N(C)C)CC1.CN(C)CCC(=O)N1CCC(C(C)(C)C)CC1. The smallest absolute Gasteiger partial charge is 0.248 e. The first-order valence-electron chi connectivity index (χ1n) is 25.9. The van der Waals surface area contributed by atoms with Crippen LogP contribution in [0.1, 0.15) is 154 Å². The highest BCUT2D eigenvalue weighted by atomic mass is 16.3. The number of hydrogen-bond acceptors (Lipinski definition) is 8. The molecule has 13 nitrogen and oxygen atoms in total. The second kappa shape index (κ2) is 27.4. The van der Waals surface area contributed by atoms with Crippen molar-refractivity contribution in [2.45, 2.75) is 160 Å². The monoisotopic (exact) mass is 932 g/mol. The van der Waals surface area contributed by atoms with Crippen LogP contribution in [0.4, 0.5) is 0 Å². The molecule has 5 amide bonds. The van der Waals surface area contributed by atoms with Crippen molar-refractivity contribution in [1.29, 1.82) is 0 Å². The molecule has 0 aromatic carbocycles. The lowest BCUT2D eigenvalue weighted by atomic mass is 9.75. The summed E-state index contributed by atoms with van der Waals surface area (Å²) in [6, 6.07) is 0.00981. The van der Waals surface area contributed by atoms with Gasteiger partial charge in [0, 0.05) is 78.3 Å². The number of carbonyl (C=O) groups is 5. The summed E-state index contributed by atoms with van der Waals surface area (Å²) in [6.07, 6.45) is 11.1. The molecule has 0 aliphatic carbocycles. The Morgan fingerprint density at radius 2 is 0.955 bits per heavy atom. The minimum atomic E-state index is -0.347. The maximum absolute atomic E-state index is 12.2. The van der Waals surface area contributed by atoms with Crippen molar-refractivity contribution < 1.29 is 29.1 Å². The number of rotatable bonds is 9. The van der Waals surface area contributed by atoms with E-state index < -0.39 is 0 Å². The molecule has 0 aromatic heterocycles. The highest BCUT2D eigenvalue weighted by Gasteiger charge is 2.34. The lowest BCUT2D eigenvalue weighted by Gasteiger charge is -2.39. The van der Waals surface area contributed by atoms with E-state index in [4.69, 9.17) is 5.11 Å². The van der Waals surface area contributed by atoms with E-state index in [0.29, 0.717) is 53.4 Å². The Morgan fingerprint density at radius 3 is 1.27 bits per heavy atom. The quantitative estimate of drug-likeness (QED) is 0.257. The van der Waals surface area contributed by atoms with Crippen molar-refractivity contribution in [3.8, 4) is 0 Å². The number of nitrogens with zero attached hydrogens (tertiary/aromatic N) is 7. The Balaban J connectivity index is 0.000000304. The van der Waals surface area contributed by atoms with Gasteiger partial charge in [0.25, 0.3) is 0 Å². The maximum atomic E-state index is 12.2. The predicted molar refractivity (Wildman–Crippen MR) is 270 cm³/mol. The van der Waals surface area contributed by atoms with Gasteiger partial charge in [-0.2, -0.15) is 0 Å². The molecule has 1 unspecified atom stereocenters. The van der Waals surface area contributed by atoms with E-state index in [9.17, 15) is 24.0 Å². The number of piperidine rings is 4. The first-order valence-corrected chi connectivity index (χ1v) is 25.9. The number of aliphatic hydroxyl groups is 1. The van der Waals surface area contributed by atoms with Crippen LogP contribution < -0.4 is 0 Å². The largest absolute Gasteiger partial charge is 0.387 e. The molecule has 5 rings (SSSR count). The second-order valence-corrected chi connectivity index (χ2v) is 24.2. The average Bonchev–Trinajstić information content (AvgIpc) is 3.67. The van der Waals surface area contributed by atoms with Gasteiger partial charge in [-0.1, -0.05) is 76.2 Å². The van der Waals surface area contributed by atoms with E-state index in [1.807, 2.05) is 54.7 Å². The third kappa shape index (κ3) is 20.4. The van der Waals surface area contributed by atoms with Crippen LogP contribution in [0.5, 0.6) is 0 Å². The Kier molecular flexibility index (Phi) is 24.7. The summed E-state index contributed by atoms with van der Waals surface area (Å²) in [4.78, 5) is 72.5. The zero-order valence-corrected chi connectivity index (χ0v) is 45.3. The molecule has 5 aliphatic rings. The third-order valence-electron chi connectivity index (χ3n) is 15.5. The van der Waals surface area contributed by atoms with Crippen LogP contribution in [0.2, 0.25) is 0 Å². The zero-order chi connectivity index (χ0) is 50.2. The summed E-state index contributed by atoms with van der Waals surface area (Å²) >= 11 is 0. The van der Waals surface area contributed by atoms with E-state index in [0.717, 1.165) is 128 Å². The first kappa shape index (κ1) is 59.4. The molecule has 5 saturated heterocycles. The molecule has 0 saturated carbocycles. The van der Waals surface area contributed by atoms with Crippen molar-refractivity contribution >= 4 is 29.5 Å². The molecule has 66 heavy (non-hydrogen) atoms. The maximum Gasteiger partial charge on any atom is 0.248 e. The second-order valence-electron chi connectivity index (χ2n) is 24.2. The molecule has 1 atom stereocenters. The minimum absolute atomic E-state index is 0.00981. The fraction of sp³-hybridized carbons (Fsp3) is 0.906. The number of hydrogen-bond donors (Lipinski definition) is 1. The fourth-order valence-electron chi connectivity index (χ4n) is 9.97. The highest BCUT2D eigenvalue weighted by Crippen LogP contribution is 2.36. The van der Waals surface area contributed by atoms with Crippen LogP contribution in [-0.2, 0) is 24.0 Å². The topological polar surface area (TPSA) is 128 Å². The van der Waals surface area contributed by atoms with E-state index in [1.165, 1.54) is 12.8 Å². The molecule has 5 fully saturated rings. The zero-order valence-electron chi connectivity index (χ0n) is 45.3. The van der Waals surface area contributed by atoms with E-state index >= 15 is 0 Å². The molecule has 0 spiro atoms. The van der Waals surface area contributed by atoms with Crippen molar-refractivity contribution in [2.75, 3.05) is 107 Å². The molecule has 0 aromatic rings. The number of aliphatic hydroxyl groups excluding tert-OH is 1.